The summed E-state index contributed by atoms with van der Waals surface area (Å²) in [5.74, 6) is 0. The van der Waals surface area contributed by atoms with Gasteiger partial charge in [0.05, 0.1) is 5.69 Å². The summed E-state index contributed by atoms with van der Waals surface area (Å²) in [6.45, 7) is 0.285. The number of hydrogen-bond acceptors (Lipinski definition) is 4. The quantitative estimate of drug-likeness (QED) is 0.928. The van der Waals surface area contributed by atoms with E-state index in [1.54, 1.807) is 6.07 Å². The van der Waals surface area contributed by atoms with Crippen molar-refractivity contribution in [1.29, 1.82) is 0 Å². The summed E-state index contributed by atoms with van der Waals surface area (Å²) >= 11 is 0. The molecule has 1 amide bonds. The molecule has 2 aliphatic carbocycles. The summed E-state index contributed by atoms with van der Waals surface area (Å²) in [6, 6.07) is 11.7. The zero-order chi connectivity index (χ0) is 17.2. The first-order valence-electron chi connectivity index (χ1n) is 8.77. The van der Waals surface area contributed by atoms with E-state index in [2.05, 4.69) is 10.2 Å². The first-order valence-corrected chi connectivity index (χ1v) is 8.77. The fraction of sp³-hybridized carbons (Fsp3) is 0.421. The predicted molar refractivity (Wildman–Crippen MR) is 92.2 cm³/mol. The Balaban J connectivity index is 1.46. The minimum atomic E-state index is -0.252. The van der Waals surface area contributed by atoms with Crippen LogP contribution in [-0.4, -0.2) is 33.3 Å². The van der Waals surface area contributed by atoms with Crippen LogP contribution in [0.25, 0.3) is 0 Å². The lowest BCUT2D eigenvalue weighted by atomic mass is 9.91. The Kier molecular flexibility index (Phi) is 4.26. The minimum Gasteiger partial charge on any atom is -0.445 e. The molecule has 1 atom stereocenters. The highest BCUT2D eigenvalue weighted by atomic mass is 16.6. The molecule has 1 aromatic carbocycles. The lowest BCUT2D eigenvalue weighted by Crippen LogP contribution is -2.45. The van der Waals surface area contributed by atoms with Gasteiger partial charge in [-0.2, -0.15) is 5.10 Å². The smallest absolute Gasteiger partial charge is 0.410 e. The van der Waals surface area contributed by atoms with Gasteiger partial charge in [-0.1, -0.05) is 30.3 Å². The van der Waals surface area contributed by atoms with Crippen LogP contribution in [0, 0.1) is 0 Å². The lowest BCUT2D eigenvalue weighted by molar-refractivity contribution is 0.0734. The molecule has 1 aromatic heterocycles. The van der Waals surface area contributed by atoms with E-state index in [4.69, 9.17) is 4.74 Å². The van der Waals surface area contributed by atoms with E-state index in [1.165, 1.54) is 0 Å². The number of H-pyrrole nitrogens is 1. The van der Waals surface area contributed by atoms with Crippen LogP contribution in [0.1, 0.15) is 36.1 Å². The second-order valence-electron chi connectivity index (χ2n) is 6.78. The molecular weight excluding hydrogens is 318 g/mol. The number of benzene rings is 1. The summed E-state index contributed by atoms with van der Waals surface area (Å²) in [7, 11) is 0. The SMILES string of the molecule is O=C(OCc1ccccc1)N(C1CC1)C1CCc2n[nH]c(=O)cc2C1. The summed E-state index contributed by atoms with van der Waals surface area (Å²) in [6.07, 6.45) is 4.09. The van der Waals surface area contributed by atoms with Crippen molar-refractivity contribution in [1.82, 2.24) is 15.1 Å². The number of carbonyl (C=O) groups is 1. The molecule has 6 nitrogen and oxygen atoms in total. The van der Waals surface area contributed by atoms with Crippen LogP contribution in [0.5, 0.6) is 0 Å². The standard InChI is InChI=1S/C19H21N3O3/c23-18-11-14-10-16(8-9-17(14)20-21-18)22(15-6-7-15)19(24)25-12-13-4-2-1-3-5-13/h1-5,11,15-16H,6-10,12H2,(H,21,23). The zero-order valence-corrected chi connectivity index (χ0v) is 14.0. The average Bonchev–Trinajstić information content (AvgIpc) is 3.45. The normalized spacial score (nSPS) is 19.1. The first kappa shape index (κ1) is 15.9. The first-order chi connectivity index (χ1) is 12.2. The molecule has 0 bridgehead atoms. The number of fused-ring (bicyclic) bond motifs is 1. The van der Waals surface area contributed by atoms with Gasteiger partial charge in [0, 0.05) is 18.2 Å². The molecule has 0 aliphatic heterocycles. The van der Waals surface area contributed by atoms with Crippen LogP contribution < -0.4 is 5.56 Å². The largest absolute Gasteiger partial charge is 0.445 e. The van der Waals surface area contributed by atoms with Crippen molar-refractivity contribution in [2.24, 2.45) is 0 Å². The molecule has 1 unspecified atom stereocenters. The Morgan fingerprint density at radius 2 is 2.00 bits per heavy atom. The molecule has 1 N–H and O–H groups in total. The third-order valence-corrected chi connectivity index (χ3v) is 4.90. The number of nitrogens with one attached hydrogen (secondary N) is 1. The van der Waals surface area contributed by atoms with E-state index in [-0.39, 0.29) is 30.3 Å². The summed E-state index contributed by atoms with van der Waals surface area (Å²) in [4.78, 5) is 26.1. The lowest BCUT2D eigenvalue weighted by Gasteiger charge is -2.34. The molecule has 6 heteroatoms. The Labute approximate surface area is 145 Å². The Morgan fingerprint density at radius 1 is 1.20 bits per heavy atom. The van der Waals surface area contributed by atoms with Crippen molar-refractivity contribution in [3.8, 4) is 0 Å². The highest BCUT2D eigenvalue weighted by molar-refractivity contribution is 5.69. The van der Waals surface area contributed by atoms with Crippen molar-refractivity contribution in [2.45, 2.75) is 50.8 Å². The predicted octanol–water partition coefficient (Wildman–Crippen LogP) is 2.43. The Hall–Kier alpha value is -2.63. The van der Waals surface area contributed by atoms with E-state index in [0.29, 0.717) is 6.42 Å². The monoisotopic (exact) mass is 339 g/mol. The van der Waals surface area contributed by atoms with Gasteiger partial charge in [0.15, 0.2) is 0 Å². The molecule has 0 radical (unpaired) electrons. The molecular formula is C19H21N3O3. The molecule has 0 saturated heterocycles. The van der Waals surface area contributed by atoms with Crippen LogP contribution in [0.2, 0.25) is 0 Å². The van der Waals surface area contributed by atoms with Gasteiger partial charge in [0.25, 0.3) is 5.56 Å². The van der Waals surface area contributed by atoms with E-state index < -0.39 is 0 Å². The van der Waals surface area contributed by atoms with Crippen LogP contribution in [-0.2, 0) is 24.2 Å². The molecule has 2 aliphatic rings. The van der Waals surface area contributed by atoms with Crippen LogP contribution in [0.4, 0.5) is 4.79 Å². The van der Waals surface area contributed by atoms with Gasteiger partial charge in [-0.05, 0) is 43.2 Å². The van der Waals surface area contributed by atoms with Crippen molar-refractivity contribution >= 4 is 6.09 Å². The number of rotatable bonds is 4. The number of hydrogen-bond donors (Lipinski definition) is 1. The maximum absolute atomic E-state index is 12.7. The van der Waals surface area contributed by atoms with E-state index >= 15 is 0 Å². The maximum Gasteiger partial charge on any atom is 0.410 e. The topological polar surface area (TPSA) is 75.3 Å². The number of nitrogens with zero attached hydrogens (tertiary/aromatic N) is 2. The third-order valence-electron chi connectivity index (χ3n) is 4.90. The fourth-order valence-corrected chi connectivity index (χ4v) is 3.50. The molecule has 0 spiro atoms. The van der Waals surface area contributed by atoms with Crippen molar-refractivity contribution in [2.75, 3.05) is 0 Å². The molecule has 2 aromatic rings. The molecule has 4 rings (SSSR count). The summed E-state index contributed by atoms with van der Waals surface area (Å²) in [5, 5.41) is 6.61. The second-order valence-corrected chi connectivity index (χ2v) is 6.78. The molecule has 1 fully saturated rings. The minimum absolute atomic E-state index is 0.0758. The van der Waals surface area contributed by atoms with Crippen LogP contribution in [0.3, 0.4) is 0 Å². The summed E-state index contributed by atoms with van der Waals surface area (Å²) < 4.78 is 5.56. The van der Waals surface area contributed by atoms with Crippen molar-refractivity contribution in [3.63, 3.8) is 0 Å². The maximum atomic E-state index is 12.7. The number of aryl methyl sites for hydroxylation is 1. The highest BCUT2D eigenvalue weighted by Crippen LogP contribution is 2.33. The van der Waals surface area contributed by atoms with Crippen molar-refractivity contribution in [3.05, 3.63) is 63.6 Å². The van der Waals surface area contributed by atoms with Gasteiger partial charge in [0.1, 0.15) is 6.61 Å². The molecule has 1 heterocycles. The van der Waals surface area contributed by atoms with Gasteiger partial charge < -0.3 is 9.64 Å². The summed E-state index contributed by atoms with van der Waals surface area (Å²) in [5.41, 5.74) is 2.67. The second kappa shape index (κ2) is 6.70. The van der Waals surface area contributed by atoms with Crippen LogP contribution in [0.15, 0.2) is 41.2 Å². The van der Waals surface area contributed by atoms with Gasteiger partial charge in [-0.3, -0.25) is 4.79 Å². The van der Waals surface area contributed by atoms with E-state index in [0.717, 1.165) is 42.5 Å². The number of aromatic amines is 1. The van der Waals surface area contributed by atoms with Crippen LogP contribution >= 0.6 is 0 Å². The number of ether oxygens (including phenoxy) is 1. The third kappa shape index (κ3) is 3.57. The van der Waals surface area contributed by atoms with E-state index in [9.17, 15) is 9.59 Å². The average molecular weight is 339 g/mol. The van der Waals surface area contributed by atoms with Crippen molar-refractivity contribution < 1.29 is 9.53 Å². The molecule has 25 heavy (non-hydrogen) atoms. The zero-order valence-electron chi connectivity index (χ0n) is 14.0. The Morgan fingerprint density at radius 3 is 2.76 bits per heavy atom. The van der Waals surface area contributed by atoms with E-state index in [1.807, 2.05) is 35.2 Å². The van der Waals surface area contributed by atoms with Gasteiger partial charge >= 0.3 is 6.09 Å². The number of carbonyl (C=O) groups excluding carboxylic acids is 1. The van der Waals surface area contributed by atoms with Gasteiger partial charge in [-0.15, -0.1) is 0 Å². The van der Waals surface area contributed by atoms with Gasteiger partial charge in [0.2, 0.25) is 0 Å². The number of aromatic nitrogens is 2. The Bertz CT molecular complexity index is 814. The fourth-order valence-electron chi connectivity index (χ4n) is 3.50. The molecule has 130 valence electrons. The number of amides is 1. The van der Waals surface area contributed by atoms with Gasteiger partial charge in [-0.25, -0.2) is 9.89 Å². The highest BCUT2D eigenvalue weighted by Gasteiger charge is 2.39. The molecule has 1 saturated carbocycles.